The quantitative estimate of drug-likeness (QED) is 0.464. The van der Waals surface area contributed by atoms with Crippen molar-refractivity contribution in [3.63, 3.8) is 0 Å². The summed E-state index contributed by atoms with van der Waals surface area (Å²) >= 11 is 14.8. The third-order valence-corrected chi connectivity index (χ3v) is 7.39. The van der Waals surface area contributed by atoms with Crippen molar-refractivity contribution in [1.82, 2.24) is 20.0 Å². The number of halogens is 2. The second-order valence-electron chi connectivity index (χ2n) is 6.76. The van der Waals surface area contributed by atoms with Gasteiger partial charge in [0, 0.05) is 17.4 Å². The molecule has 166 valence electrons. The third kappa shape index (κ3) is 4.69. The number of nitrogen functional groups attached to an aromatic ring is 1. The van der Waals surface area contributed by atoms with Crippen molar-refractivity contribution in [3.05, 3.63) is 39.8 Å². The Morgan fingerprint density at radius 1 is 1.32 bits per heavy atom. The number of methoxy groups -OCH3 is 1. The van der Waals surface area contributed by atoms with Crippen LogP contribution in [0, 0.1) is 0 Å². The molecule has 2 unspecified atom stereocenters. The number of thiazole rings is 1. The fraction of sp³-hybridized carbons (Fsp3) is 0.389. The molecule has 4 N–H and O–H groups in total. The van der Waals surface area contributed by atoms with Crippen LogP contribution in [-0.4, -0.2) is 67.7 Å². The first-order chi connectivity index (χ1) is 14.9. The Hall–Kier alpha value is -1.44. The Morgan fingerprint density at radius 3 is 2.77 bits per heavy atom. The molecule has 13 heteroatoms. The van der Waals surface area contributed by atoms with Gasteiger partial charge in [-0.2, -0.15) is 0 Å². The van der Waals surface area contributed by atoms with Gasteiger partial charge in [-0.15, -0.1) is 16.4 Å². The van der Waals surface area contributed by atoms with E-state index in [1.54, 1.807) is 23.7 Å². The van der Waals surface area contributed by atoms with Gasteiger partial charge in [-0.05, 0) is 18.2 Å². The fourth-order valence-electron chi connectivity index (χ4n) is 3.34. The van der Waals surface area contributed by atoms with Gasteiger partial charge in [0.05, 0.1) is 22.8 Å². The molecule has 0 spiro atoms. The lowest BCUT2D eigenvalue weighted by molar-refractivity contribution is -0.186. The number of nitrogens with zero attached hydrogens (tertiary/aromatic N) is 4. The van der Waals surface area contributed by atoms with Crippen LogP contribution in [0.5, 0.6) is 0 Å². The summed E-state index contributed by atoms with van der Waals surface area (Å²) in [5.74, 6) is 0. The second kappa shape index (κ2) is 9.59. The van der Waals surface area contributed by atoms with Crippen LogP contribution in [0.15, 0.2) is 34.7 Å². The Bertz CT molecular complexity index is 1050. The van der Waals surface area contributed by atoms with Crippen molar-refractivity contribution in [2.24, 2.45) is 0 Å². The highest BCUT2D eigenvalue weighted by Gasteiger charge is 2.47. The summed E-state index contributed by atoms with van der Waals surface area (Å²) < 4.78 is 13.2. The molecule has 1 saturated heterocycles. The third-order valence-electron chi connectivity index (χ3n) is 4.84. The Kier molecular flexibility index (Phi) is 7.04. The molecule has 3 heterocycles. The van der Waals surface area contributed by atoms with Crippen LogP contribution in [0.25, 0.3) is 11.4 Å². The van der Waals surface area contributed by atoms with Crippen LogP contribution >= 0.6 is 46.3 Å². The molecule has 1 fully saturated rings. The first-order valence-corrected chi connectivity index (χ1v) is 11.6. The highest BCUT2D eigenvalue weighted by molar-refractivity contribution is 7.99. The topological polar surface area (TPSA) is 129 Å². The minimum atomic E-state index is -1.09. The number of rotatable bonds is 6. The minimum absolute atomic E-state index is 0.378. The number of aliphatic hydroxyl groups is 2. The normalized spacial score (nSPS) is 26.3. The van der Waals surface area contributed by atoms with Crippen LogP contribution in [-0.2, 0) is 9.47 Å². The molecule has 2 aromatic heterocycles. The van der Waals surface area contributed by atoms with Crippen LogP contribution in [0.1, 0.15) is 6.04 Å². The summed E-state index contributed by atoms with van der Waals surface area (Å²) in [7, 11) is 1.52. The van der Waals surface area contributed by atoms with Gasteiger partial charge >= 0.3 is 0 Å². The number of nitrogens with two attached hydrogens (primary N) is 1. The van der Waals surface area contributed by atoms with E-state index in [0.29, 0.717) is 26.6 Å². The van der Waals surface area contributed by atoms with E-state index in [-0.39, 0.29) is 6.61 Å². The lowest BCUT2D eigenvalue weighted by Gasteiger charge is -2.43. The van der Waals surface area contributed by atoms with E-state index < -0.39 is 29.8 Å². The molecule has 1 aliphatic heterocycles. The Balaban J connectivity index is 1.64. The van der Waals surface area contributed by atoms with Gasteiger partial charge < -0.3 is 25.4 Å². The fourth-order valence-corrected chi connectivity index (χ4v) is 5.46. The van der Waals surface area contributed by atoms with Gasteiger partial charge in [-0.1, -0.05) is 40.2 Å². The van der Waals surface area contributed by atoms with E-state index in [9.17, 15) is 10.2 Å². The number of hydrogen-bond acceptors (Lipinski definition) is 10. The summed E-state index contributed by atoms with van der Waals surface area (Å²) in [6.07, 6.45) is -0.892. The molecule has 1 aliphatic rings. The van der Waals surface area contributed by atoms with Gasteiger partial charge in [-0.3, -0.25) is 0 Å². The van der Waals surface area contributed by atoms with Gasteiger partial charge in [0.15, 0.2) is 5.13 Å². The van der Waals surface area contributed by atoms with Crippen molar-refractivity contribution < 1.29 is 19.7 Å². The molecule has 0 bridgehead atoms. The molecular weight excluding hydrogens is 485 g/mol. The number of aliphatic hydroxyl groups excluding tert-OH is 2. The molecule has 31 heavy (non-hydrogen) atoms. The van der Waals surface area contributed by atoms with Crippen LogP contribution in [0.4, 0.5) is 5.13 Å². The molecule has 5 atom stereocenters. The number of thioether (sulfide) groups is 1. The zero-order valence-corrected chi connectivity index (χ0v) is 19.3. The SMILES string of the molecule is COC1[C@@H](Sc2ccc(Cl)c(Cl)c2)OC(CO)[C@H](O)[C@@H]1n1cc(-c2csc(N)n2)nn1. The van der Waals surface area contributed by atoms with Crippen molar-refractivity contribution >= 4 is 51.4 Å². The number of benzene rings is 1. The second-order valence-corrected chi connectivity index (χ2v) is 9.63. The van der Waals surface area contributed by atoms with Gasteiger partial charge in [-0.25, -0.2) is 9.67 Å². The molecule has 0 amide bonds. The van der Waals surface area contributed by atoms with Crippen molar-refractivity contribution in [2.45, 2.75) is 34.7 Å². The van der Waals surface area contributed by atoms with Gasteiger partial charge in [0.1, 0.15) is 41.2 Å². The van der Waals surface area contributed by atoms with E-state index in [1.165, 1.54) is 34.9 Å². The zero-order valence-electron chi connectivity index (χ0n) is 16.1. The molecular formula is C18H19Cl2N5O4S2. The van der Waals surface area contributed by atoms with E-state index in [4.69, 9.17) is 38.4 Å². The lowest BCUT2D eigenvalue weighted by Crippen LogP contribution is -2.55. The van der Waals surface area contributed by atoms with Crippen LogP contribution < -0.4 is 5.73 Å². The summed E-state index contributed by atoms with van der Waals surface area (Å²) in [4.78, 5) is 5.01. The van der Waals surface area contributed by atoms with Gasteiger partial charge in [0.2, 0.25) is 0 Å². The molecule has 0 radical (unpaired) electrons. The number of anilines is 1. The highest BCUT2D eigenvalue weighted by atomic mass is 35.5. The summed E-state index contributed by atoms with van der Waals surface area (Å²) in [5, 5.41) is 32.1. The van der Waals surface area contributed by atoms with E-state index >= 15 is 0 Å². The van der Waals surface area contributed by atoms with Crippen LogP contribution in [0.3, 0.4) is 0 Å². The molecule has 3 aromatic rings. The van der Waals surface area contributed by atoms with Crippen molar-refractivity contribution in [3.8, 4) is 11.4 Å². The Labute approximate surface area is 196 Å². The van der Waals surface area contributed by atoms with E-state index in [1.807, 2.05) is 6.07 Å². The number of ether oxygens (including phenoxy) is 2. The zero-order chi connectivity index (χ0) is 22.1. The number of aromatic nitrogens is 4. The van der Waals surface area contributed by atoms with Crippen LogP contribution in [0.2, 0.25) is 10.0 Å². The first kappa shape index (κ1) is 22.7. The molecule has 4 rings (SSSR count). The molecule has 9 nitrogen and oxygen atoms in total. The lowest BCUT2D eigenvalue weighted by atomic mass is 9.97. The largest absolute Gasteiger partial charge is 0.394 e. The maximum Gasteiger partial charge on any atom is 0.180 e. The monoisotopic (exact) mass is 503 g/mol. The summed E-state index contributed by atoms with van der Waals surface area (Å²) in [6, 6.07) is 4.55. The minimum Gasteiger partial charge on any atom is -0.394 e. The molecule has 0 saturated carbocycles. The van der Waals surface area contributed by atoms with Crippen molar-refractivity contribution in [1.29, 1.82) is 0 Å². The first-order valence-electron chi connectivity index (χ1n) is 9.13. The smallest absolute Gasteiger partial charge is 0.180 e. The predicted octanol–water partition coefficient (Wildman–Crippen LogP) is 2.72. The van der Waals surface area contributed by atoms with E-state index in [2.05, 4.69) is 15.3 Å². The van der Waals surface area contributed by atoms with Gasteiger partial charge in [0.25, 0.3) is 0 Å². The van der Waals surface area contributed by atoms with Crippen molar-refractivity contribution in [2.75, 3.05) is 19.5 Å². The number of hydrogen-bond donors (Lipinski definition) is 3. The maximum atomic E-state index is 10.9. The standard InChI is InChI=1S/C18H19Cl2N5O4S2/c1-28-16-14(25-5-11(23-24-25)12-7-30-18(21)22-12)15(27)13(6-26)29-17(16)31-8-2-3-9(19)10(20)4-8/h2-5,7,13-17,26-27H,6H2,1H3,(H2,21,22)/t13?,14-,15-,16?,17+/m0/s1. The predicted molar refractivity (Wildman–Crippen MR) is 119 cm³/mol. The summed E-state index contributed by atoms with van der Waals surface area (Å²) in [5.41, 5.74) is 6.23. The molecule has 0 aliphatic carbocycles. The Morgan fingerprint density at radius 2 is 2.13 bits per heavy atom. The summed E-state index contributed by atoms with van der Waals surface area (Å²) in [6.45, 7) is -0.378. The maximum absolute atomic E-state index is 10.9. The molecule has 1 aromatic carbocycles. The average Bonchev–Trinajstić information content (AvgIpc) is 3.40. The van der Waals surface area contributed by atoms with E-state index in [0.717, 1.165) is 4.90 Å². The highest BCUT2D eigenvalue weighted by Crippen LogP contribution is 2.40. The average molecular weight is 504 g/mol.